The Labute approximate surface area is 108 Å². The van der Waals surface area contributed by atoms with Crippen molar-refractivity contribution in [2.45, 2.75) is 13.0 Å². The van der Waals surface area contributed by atoms with Crippen molar-refractivity contribution in [2.75, 3.05) is 11.4 Å². The van der Waals surface area contributed by atoms with Gasteiger partial charge < -0.3 is 4.90 Å². The molecule has 6 nitrogen and oxygen atoms in total. The lowest BCUT2D eigenvalue weighted by molar-refractivity contribution is -0.132. The number of hydrogen-bond donors (Lipinski definition) is 1. The monoisotopic (exact) mass is 264 g/mol. The van der Waals surface area contributed by atoms with Crippen molar-refractivity contribution in [3.05, 3.63) is 22.8 Å². The van der Waals surface area contributed by atoms with Gasteiger partial charge in [-0.2, -0.15) is 5.26 Å². The van der Waals surface area contributed by atoms with Gasteiger partial charge in [0.15, 0.2) is 0 Å². The van der Waals surface area contributed by atoms with E-state index in [1.807, 2.05) is 6.07 Å². The molecule has 2 amide bonds. The van der Waals surface area contributed by atoms with Crippen LogP contribution in [0.2, 0.25) is 5.02 Å². The van der Waals surface area contributed by atoms with Crippen molar-refractivity contribution in [3.8, 4) is 6.07 Å². The highest BCUT2D eigenvalue weighted by Gasteiger charge is 2.32. The third-order valence-corrected chi connectivity index (χ3v) is 3.06. The first-order chi connectivity index (χ1) is 8.54. The molecule has 7 heteroatoms. The van der Waals surface area contributed by atoms with Gasteiger partial charge in [-0.05, 0) is 13.0 Å². The first-order valence-electron chi connectivity index (χ1n) is 5.19. The second kappa shape index (κ2) is 4.63. The quantitative estimate of drug-likeness (QED) is 0.745. The van der Waals surface area contributed by atoms with Crippen LogP contribution < -0.4 is 10.2 Å². The Morgan fingerprint density at radius 3 is 3.00 bits per heavy atom. The number of nitrogens with zero attached hydrogens (tertiary/aromatic N) is 3. The number of anilines is 1. The van der Waals surface area contributed by atoms with E-state index in [1.54, 1.807) is 6.92 Å². The van der Waals surface area contributed by atoms with Crippen molar-refractivity contribution in [1.82, 2.24) is 10.3 Å². The number of rotatable bonds is 1. The van der Waals surface area contributed by atoms with Gasteiger partial charge >= 0.3 is 0 Å². The molecule has 0 bridgehead atoms. The Bertz CT molecular complexity index is 567. The largest absolute Gasteiger partial charge is 0.334 e. The first-order valence-corrected chi connectivity index (χ1v) is 5.57. The Kier molecular flexibility index (Phi) is 3.17. The minimum Gasteiger partial charge on any atom is -0.334 e. The summed E-state index contributed by atoms with van der Waals surface area (Å²) in [5.74, 6) is -0.559. The van der Waals surface area contributed by atoms with Crippen molar-refractivity contribution < 1.29 is 9.59 Å². The maximum Gasteiger partial charge on any atom is 0.249 e. The van der Waals surface area contributed by atoms with E-state index in [-0.39, 0.29) is 22.9 Å². The molecule has 2 heterocycles. The molecule has 0 radical (unpaired) electrons. The van der Waals surface area contributed by atoms with E-state index in [0.717, 1.165) is 0 Å². The molecule has 1 aromatic heterocycles. The van der Waals surface area contributed by atoms with E-state index < -0.39 is 17.9 Å². The topological polar surface area (TPSA) is 86.1 Å². The summed E-state index contributed by atoms with van der Waals surface area (Å²) in [4.78, 5) is 28.4. The van der Waals surface area contributed by atoms with E-state index in [4.69, 9.17) is 16.9 Å². The molecular formula is C11H9ClN4O2. The summed E-state index contributed by atoms with van der Waals surface area (Å²) in [7, 11) is 0. The molecule has 1 unspecified atom stereocenters. The van der Waals surface area contributed by atoms with Crippen LogP contribution in [-0.4, -0.2) is 29.4 Å². The molecule has 0 spiro atoms. The van der Waals surface area contributed by atoms with Gasteiger partial charge in [0.1, 0.15) is 23.0 Å². The van der Waals surface area contributed by atoms with Gasteiger partial charge in [-0.3, -0.25) is 14.9 Å². The zero-order valence-corrected chi connectivity index (χ0v) is 10.2. The zero-order chi connectivity index (χ0) is 13.3. The number of piperazine rings is 1. The van der Waals surface area contributed by atoms with Crippen LogP contribution in [0.4, 0.5) is 5.82 Å². The summed E-state index contributed by atoms with van der Waals surface area (Å²) >= 11 is 6.03. The fourth-order valence-electron chi connectivity index (χ4n) is 1.69. The predicted molar refractivity (Wildman–Crippen MR) is 63.9 cm³/mol. The highest BCUT2D eigenvalue weighted by Crippen LogP contribution is 2.28. The van der Waals surface area contributed by atoms with E-state index >= 15 is 0 Å². The maximum atomic E-state index is 11.5. The number of imide groups is 1. The first kappa shape index (κ1) is 12.3. The number of amides is 2. The van der Waals surface area contributed by atoms with Crippen molar-refractivity contribution in [1.29, 1.82) is 5.26 Å². The van der Waals surface area contributed by atoms with Crippen LogP contribution in [0.25, 0.3) is 0 Å². The lowest BCUT2D eigenvalue weighted by atomic mass is 10.2. The van der Waals surface area contributed by atoms with Gasteiger partial charge in [-0.15, -0.1) is 0 Å². The minimum atomic E-state index is -0.568. The molecule has 1 aliphatic rings. The molecule has 1 N–H and O–H groups in total. The van der Waals surface area contributed by atoms with E-state index in [9.17, 15) is 9.59 Å². The van der Waals surface area contributed by atoms with Crippen LogP contribution in [0.5, 0.6) is 0 Å². The summed E-state index contributed by atoms with van der Waals surface area (Å²) in [6, 6.07) is 2.83. The molecule has 1 saturated heterocycles. The number of carbonyl (C=O) groups excluding carboxylic acids is 2. The Hall–Kier alpha value is -2.13. The fourth-order valence-corrected chi connectivity index (χ4v) is 1.95. The molecule has 0 aromatic carbocycles. The lowest BCUT2D eigenvalue weighted by Crippen LogP contribution is -2.57. The molecule has 18 heavy (non-hydrogen) atoms. The minimum absolute atomic E-state index is 0.0193. The van der Waals surface area contributed by atoms with E-state index in [1.165, 1.54) is 17.2 Å². The van der Waals surface area contributed by atoms with Crippen LogP contribution in [0.3, 0.4) is 0 Å². The zero-order valence-electron chi connectivity index (χ0n) is 9.48. The molecular weight excluding hydrogens is 256 g/mol. The second-order valence-corrected chi connectivity index (χ2v) is 4.20. The summed E-state index contributed by atoms with van der Waals surface area (Å²) in [5.41, 5.74) is 0.257. The number of pyridine rings is 1. The van der Waals surface area contributed by atoms with Gasteiger partial charge in [0, 0.05) is 6.20 Å². The molecule has 1 aliphatic heterocycles. The lowest BCUT2D eigenvalue weighted by Gasteiger charge is -2.33. The van der Waals surface area contributed by atoms with Crippen molar-refractivity contribution in [3.63, 3.8) is 0 Å². The second-order valence-electron chi connectivity index (χ2n) is 3.82. The maximum absolute atomic E-state index is 11.5. The van der Waals surface area contributed by atoms with Crippen LogP contribution in [-0.2, 0) is 9.59 Å². The summed E-state index contributed by atoms with van der Waals surface area (Å²) in [5, 5.41) is 11.3. The normalized spacial score (nSPS) is 19.4. The van der Waals surface area contributed by atoms with Crippen molar-refractivity contribution >= 4 is 29.2 Å². The number of nitrogens with one attached hydrogen (secondary N) is 1. The van der Waals surface area contributed by atoms with Gasteiger partial charge in [-0.1, -0.05) is 11.6 Å². The molecule has 1 fully saturated rings. The Morgan fingerprint density at radius 1 is 1.61 bits per heavy atom. The number of nitriles is 1. The summed E-state index contributed by atoms with van der Waals surface area (Å²) in [6.07, 6.45) is 1.42. The van der Waals surface area contributed by atoms with Crippen molar-refractivity contribution in [2.24, 2.45) is 0 Å². The van der Waals surface area contributed by atoms with Crippen LogP contribution in [0, 0.1) is 11.3 Å². The number of carbonyl (C=O) groups is 2. The Balaban J connectivity index is 2.45. The number of hydrogen-bond acceptors (Lipinski definition) is 5. The summed E-state index contributed by atoms with van der Waals surface area (Å²) < 4.78 is 0. The fraction of sp³-hybridized carbons (Fsp3) is 0.273. The predicted octanol–water partition coefficient (Wildman–Crippen LogP) is 0.458. The van der Waals surface area contributed by atoms with Gasteiger partial charge in [-0.25, -0.2) is 4.98 Å². The Morgan fingerprint density at radius 2 is 2.33 bits per heavy atom. The van der Waals surface area contributed by atoms with Gasteiger partial charge in [0.05, 0.1) is 12.1 Å². The van der Waals surface area contributed by atoms with Gasteiger partial charge in [0.2, 0.25) is 11.8 Å². The third-order valence-electron chi connectivity index (χ3n) is 2.69. The standard InChI is InChI=1S/C11H9ClN4O2/c1-6-11(18)15-8(17)5-16(6)10-9(12)7(4-13)2-3-14-10/h2-3,6H,5H2,1H3,(H,15,17,18). The number of aromatic nitrogens is 1. The SMILES string of the molecule is CC1C(=O)NC(=O)CN1c1nccc(C#N)c1Cl. The molecule has 1 atom stereocenters. The van der Waals surface area contributed by atoms with Crippen LogP contribution >= 0.6 is 11.6 Å². The van der Waals surface area contributed by atoms with Crippen LogP contribution in [0.15, 0.2) is 12.3 Å². The highest BCUT2D eigenvalue weighted by atomic mass is 35.5. The molecule has 2 rings (SSSR count). The van der Waals surface area contributed by atoms with E-state index in [2.05, 4.69) is 10.3 Å². The summed E-state index contributed by atoms with van der Waals surface area (Å²) in [6.45, 7) is 1.62. The highest BCUT2D eigenvalue weighted by molar-refractivity contribution is 6.34. The average Bonchev–Trinajstić information content (AvgIpc) is 2.34. The molecule has 0 aliphatic carbocycles. The molecule has 92 valence electrons. The van der Waals surface area contributed by atoms with Gasteiger partial charge in [0.25, 0.3) is 0 Å². The smallest absolute Gasteiger partial charge is 0.249 e. The number of halogens is 1. The molecule has 1 aromatic rings. The van der Waals surface area contributed by atoms with E-state index in [0.29, 0.717) is 0 Å². The molecule has 0 saturated carbocycles. The third kappa shape index (κ3) is 2.00. The average molecular weight is 265 g/mol. The van der Waals surface area contributed by atoms with Crippen LogP contribution in [0.1, 0.15) is 12.5 Å².